The molecule has 0 bridgehead atoms. The number of hydrogen-bond acceptors (Lipinski definition) is 3. The first-order valence-corrected chi connectivity index (χ1v) is 17.7. The fraction of sp³-hybridized carbons (Fsp3) is 0.158. The average molecular weight is 756 g/mol. The Bertz CT molecular complexity index is 2040. The van der Waals surface area contributed by atoms with Gasteiger partial charge in [0.05, 0.1) is 13.7 Å². The molecule has 0 amide bonds. The third-order valence-corrected chi connectivity index (χ3v) is 9.54. The fourth-order valence-electron chi connectivity index (χ4n) is 5.04. The summed E-state index contributed by atoms with van der Waals surface area (Å²) in [5, 5.41) is 5.90. The Labute approximate surface area is 269 Å². The van der Waals surface area contributed by atoms with Gasteiger partial charge in [0, 0.05) is 39.3 Å². The molecule has 0 saturated carbocycles. The van der Waals surface area contributed by atoms with Gasteiger partial charge in [0.1, 0.15) is 5.58 Å². The molecule has 43 heavy (non-hydrogen) atoms. The smallest absolute Gasteiger partial charge is 0.121 e. The molecule has 0 aliphatic rings. The maximum Gasteiger partial charge on any atom is 0.121 e. The molecule has 0 unspecified atom stereocenters. The SMILES string of the molecule is C[Si](C)(C)c1ccc(-c2[c-]cccc2)nc1.[2H]C(C)(C)c1ccnc(-c2[c-]ccc3c2oc2cc4ccccc4cc23)c1.[Ir]. The molecule has 0 atom stereocenters. The van der Waals surface area contributed by atoms with Crippen molar-refractivity contribution in [1.82, 2.24) is 9.97 Å². The second-order valence-corrected chi connectivity index (χ2v) is 16.9. The molecular formula is C38H34IrN2OSi-2. The van der Waals surface area contributed by atoms with Crippen LogP contribution in [-0.4, -0.2) is 18.0 Å². The Kier molecular flexibility index (Phi) is 8.67. The van der Waals surface area contributed by atoms with Gasteiger partial charge in [-0.1, -0.05) is 92.5 Å². The average Bonchev–Trinajstić information content (AvgIpc) is 3.37. The molecule has 3 aromatic heterocycles. The van der Waals surface area contributed by atoms with Crippen molar-refractivity contribution in [3.05, 3.63) is 127 Å². The van der Waals surface area contributed by atoms with Crippen LogP contribution >= 0.6 is 0 Å². The first-order chi connectivity index (χ1) is 20.6. The normalized spacial score (nSPS) is 12.0. The zero-order valence-electron chi connectivity index (χ0n) is 26.0. The van der Waals surface area contributed by atoms with Gasteiger partial charge in [-0.3, -0.25) is 0 Å². The van der Waals surface area contributed by atoms with Crippen molar-refractivity contribution in [3.63, 3.8) is 0 Å². The summed E-state index contributed by atoms with van der Waals surface area (Å²) >= 11 is 0. The van der Waals surface area contributed by atoms with E-state index in [1.54, 1.807) is 6.20 Å². The molecule has 3 nitrogen and oxygen atoms in total. The minimum Gasteiger partial charge on any atom is -0.501 e. The van der Waals surface area contributed by atoms with Crippen molar-refractivity contribution in [2.24, 2.45) is 0 Å². The molecule has 0 spiro atoms. The largest absolute Gasteiger partial charge is 0.501 e. The van der Waals surface area contributed by atoms with Crippen LogP contribution in [0.4, 0.5) is 0 Å². The molecule has 4 aromatic carbocycles. The van der Waals surface area contributed by atoms with E-state index in [1.165, 1.54) is 10.6 Å². The van der Waals surface area contributed by atoms with Crippen molar-refractivity contribution in [2.45, 2.75) is 39.4 Å². The summed E-state index contributed by atoms with van der Waals surface area (Å²) in [6, 6.07) is 39.1. The van der Waals surface area contributed by atoms with Crippen molar-refractivity contribution < 1.29 is 25.9 Å². The monoisotopic (exact) mass is 756 g/mol. The molecule has 0 saturated heterocycles. The second-order valence-electron chi connectivity index (χ2n) is 11.8. The van der Waals surface area contributed by atoms with Crippen LogP contribution in [0.2, 0.25) is 19.6 Å². The van der Waals surface area contributed by atoms with Gasteiger partial charge in [0.25, 0.3) is 0 Å². The first-order valence-electron chi connectivity index (χ1n) is 14.7. The minimum absolute atomic E-state index is 0. The summed E-state index contributed by atoms with van der Waals surface area (Å²) in [7, 11) is -1.23. The molecular weight excluding hydrogens is 721 g/mol. The Morgan fingerprint density at radius 3 is 2.21 bits per heavy atom. The van der Waals surface area contributed by atoms with Crippen LogP contribution in [0.15, 0.2) is 114 Å². The van der Waals surface area contributed by atoms with Crippen LogP contribution < -0.4 is 5.19 Å². The predicted octanol–water partition coefficient (Wildman–Crippen LogP) is 9.82. The van der Waals surface area contributed by atoms with Crippen molar-refractivity contribution >= 4 is 46.0 Å². The summed E-state index contributed by atoms with van der Waals surface area (Å²) in [6.45, 7) is 10.8. The molecule has 0 fully saturated rings. The molecule has 7 aromatic rings. The van der Waals surface area contributed by atoms with Crippen molar-refractivity contribution in [2.75, 3.05) is 0 Å². The quantitative estimate of drug-likeness (QED) is 0.133. The number of nitrogens with zero attached hydrogens (tertiary/aromatic N) is 2. The van der Waals surface area contributed by atoms with Gasteiger partial charge in [-0.2, -0.15) is 0 Å². The molecule has 7 rings (SSSR count). The zero-order valence-corrected chi connectivity index (χ0v) is 28.4. The summed E-state index contributed by atoms with van der Waals surface area (Å²) in [6.07, 6.45) is 3.77. The summed E-state index contributed by atoms with van der Waals surface area (Å²) < 4.78 is 14.6. The number of fused-ring (bicyclic) bond motifs is 4. The number of benzene rings is 4. The van der Waals surface area contributed by atoms with E-state index in [9.17, 15) is 0 Å². The third-order valence-electron chi connectivity index (χ3n) is 7.51. The zero-order chi connectivity index (χ0) is 30.2. The van der Waals surface area contributed by atoms with E-state index in [1.807, 2.05) is 80.7 Å². The summed E-state index contributed by atoms with van der Waals surface area (Å²) in [4.78, 5) is 9.04. The molecule has 0 N–H and O–H groups in total. The molecule has 5 heteroatoms. The Balaban J connectivity index is 0.000000194. The van der Waals surface area contributed by atoms with E-state index in [4.69, 9.17) is 5.79 Å². The van der Waals surface area contributed by atoms with Gasteiger partial charge >= 0.3 is 0 Å². The number of rotatable bonds is 4. The Hall–Kier alpha value is -3.89. The minimum atomic E-state index is -1.23. The standard InChI is InChI=1S/C24H18NO.C14H16NSi.Ir/c1-15(2)16-10-11-25-22(13-16)20-9-5-8-19-21-12-17-6-3-4-7-18(17)14-23(21)26-24(19)20;1-16(2,3)13-9-10-14(15-11-13)12-7-5-4-6-8-12;/h3-8,10-15H,1-2H3;4-7,9-11H,1-3H3;/q2*-1;/i15D;;. The van der Waals surface area contributed by atoms with E-state index in [0.717, 1.165) is 55.4 Å². The van der Waals surface area contributed by atoms with Crippen LogP contribution in [-0.2, 0) is 20.1 Å². The molecule has 0 aliphatic heterocycles. The molecule has 0 aliphatic carbocycles. The van der Waals surface area contributed by atoms with Crippen molar-refractivity contribution in [1.29, 1.82) is 0 Å². The van der Waals surface area contributed by atoms with Crippen LogP contribution in [0.1, 0.15) is 26.7 Å². The maximum atomic E-state index is 8.30. The van der Waals surface area contributed by atoms with Gasteiger partial charge in [0.15, 0.2) is 0 Å². The molecule has 1 radical (unpaired) electrons. The summed E-state index contributed by atoms with van der Waals surface area (Å²) in [5.74, 6) is -0.683. The number of aromatic nitrogens is 2. The van der Waals surface area contributed by atoms with Gasteiger partial charge in [-0.15, -0.1) is 54.1 Å². The third kappa shape index (κ3) is 6.55. The fourth-order valence-corrected chi connectivity index (χ4v) is 6.08. The molecule has 217 valence electrons. The topological polar surface area (TPSA) is 38.9 Å². The number of pyridine rings is 2. The van der Waals surface area contributed by atoms with Crippen LogP contribution in [0.3, 0.4) is 0 Å². The first kappa shape index (κ1) is 29.2. The second kappa shape index (κ2) is 12.8. The number of furan rings is 1. The van der Waals surface area contributed by atoms with Crippen LogP contribution in [0, 0.1) is 12.1 Å². The van der Waals surface area contributed by atoms with Gasteiger partial charge in [0.2, 0.25) is 0 Å². The van der Waals surface area contributed by atoms with E-state index in [0.29, 0.717) is 0 Å². The predicted molar refractivity (Wildman–Crippen MR) is 179 cm³/mol. The van der Waals surface area contributed by atoms with E-state index in [2.05, 4.69) is 78.1 Å². The Morgan fingerprint density at radius 1 is 0.767 bits per heavy atom. The van der Waals surface area contributed by atoms with Crippen molar-refractivity contribution in [3.8, 4) is 22.5 Å². The van der Waals surface area contributed by atoms with E-state index < -0.39 is 14.0 Å². The Morgan fingerprint density at radius 2 is 1.53 bits per heavy atom. The van der Waals surface area contributed by atoms with Gasteiger partial charge < -0.3 is 14.4 Å². The maximum absolute atomic E-state index is 8.30. The van der Waals surface area contributed by atoms with Gasteiger partial charge in [-0.05, 0) is 51.4 Å². The van der Waals surface area contributed by atoms with E-state index >= 15 is 0 Å². The summed E-state index contributed by atoms with van der Waals surface area (Å²) in [5.41, 5.74) is 6.24. The van der Waals surface area contributed by atoms with E-state index in [-0.39, 0.29) is 20.1 Å². The number of hydrogen-bond donors (Lipinski definition) is 0. The van der Waals surface area contributed by atoms with Crippen LogP contribution in [0.25, 0.3) is 55.2 Å². The molecule has 3 heterocycles. The van der Waals surface area contributed by atoms with Crippen LogP contribution in [0.5, 0.6) is 0 Å². The van der Waals surface area contributed by atoms with Gasteiger partial charge in [-0.25, -0.2) is 0 Å².